The van der Waals surface area contributed by atoms with Gasteiger partial charge in [-0.1, -0.05) is 0 Å². The van der Waals surface area contributed by atoms with Gasteiger partial charge < -0.3 is 26.0 Å². The standard InChI is InChI=1S/C27H33N9O3S/c1-18(2)33-24-13-27(28,31-16-22(24)23-6-3-20(15-30-23)35-9-11-39-12-10-35)25-7-8-29-26(34-25)19-14-32-36(17-19)40(37,38)21-4-5-21/h3,6-8,13-18,21,31,33H,4-5,9-12,28H2,1-2H3. The maximum atomic E-state index is 12.6. The van der Waals surface area contributed by atoms with E-state index < -0.39 is 15.7 Å². The van der Waals surface area contributed by atoms with E-state index in [-0.39, 0.29) is 11.3 Å². The average Bonchev–Trinajstić information content (AvgIpc) is 3.71. The van der Waals surface area contributed by atoms with E-state index in [9.17, 15) is 8.42 Å². The van der Waals surface area contributed by atoms with Crippen LogP contribution in [-0.2, 0) is 20.4 Å². The van der Waals surface area contributed by atoms with Crippen LogP contribution in [0.1, 0.15) is 38.1 Å². The smallest absolute Gasteiger partial charge is 0.256 e. The van der Waals surface area contributed by atoms with Crippen LogP contribution in [-0.4, -0.2) is 70.2 Å². The second-order valence-corrected chi connectivity index (χ2v) is 12.6. The highest BCUT2D eigenvalue weighted by Gasteiger charge is 2.38. The number of aromatic nitrogens is 5. The molecule has 1 aliphatic carbocycles. The first-order valence-corrected chi connectivity index (χ1v) is 14.9. The van der Waals surface area contributed by atoms with Crippen LogP contribution in [0.2, 0.25) is 0 Å². The minimum absolute atomic E-state index is 0.143. The number of hydrogen-bond acceptors (Lipinski definition) is 11. The minimum atomic E-state index is -3.48. The zero-order chi connectivity index (χ0) is 27.9. The van der Waals surface area contributed by atoms with Gasteiger partial charge in [-0.05, 0) is 51.0 Å². The Hall–Kier alpha value is -3.81. The molecule has 0 radical (unpaired) electrons. The summed E-state index contributed by atoms with van der Waals surface area (Å²) in [4.78, 5) is 16.1. The molecule has 0 aromatic carbocycles. The molecule has 0 spiro atoms. The highest BCUT2D eigenvalue weighted by Crippen LogP contribution is 2.32. The number of nitrogens with two attached hydrogens (primary N) is 1. The number of dihydropyridines is 1. The third kappa shape index (κ3) is 5.19. The fraction of sp³-hybridized carbons (Fsp3) is 0.407. The van der Waals surface area contributed by atoms with Crippen molar-refractivity contribution in [1.29, 1.82) is 0 Å². The molecule has 12 nitrogen and oxygen atoms in total. The van der Waals surface area contributed by atoms with Crippen molar-refractivity contribution in [3.05, 3.63) is 72.3 Å². The summed E-state index contributed by atoms with van der Waals surface area (Å²) in [7, 11) is -3.48. The summed E-state index contributed by atoms with van der Waals surface area (Å²) in [5, 5.41) is 10.5. The third-order valence-corrected chi connectivity index (χ3v) is 9.10. The van der Waals surface area contributed by atoms with Crippen LogP contribution in [0.25, 0.3) is 17.0 Å². The Labute approximate surface area is 233 Å². The molecule has 0 amide bonds. The number of nitrogens with one attached hydrogen (secondary N) is 2. The lowest BCUT2D eigenvalue weighted by Gasteiger charge is -2.33. The van der Waals surface area contributed by atoms with Gasteiger partial charge in [-0.15, -0.1) is 0 Å². The number of morpholine rings is 1. The van der Waals surface area contributed by atoms with Crippen molar-refractivity contribution < 1.29 is 13.2 Å². The van der Waals surface area contributed by atoms with Crippen molar-refractivity contribution in [3.63, 3.8) is 0 Å². The van der Waals surface area contributed by atoms with Crippen molar-refractivity contribution in [2.75, 3.05) is 31.2 Å². The summed E-state index contributed by atoms with van der Waals surface area (Å²) in [5.74, 6) is 0.336. The summed E-state index contributed by atoms with van der Waals surface area (Å²) in [6.45, 7) is 7.24. The zero-order valence-electron chi connectivity index (χ0n) is 22.5. The van der Waals surface area contributed by atoms with Crippen molar-refractivity contribution in [3.8, 4) is 11.4 Å². The van der Waals surface area contributed by atoms with Gasteiger partial charge in [0.05, 0.1) is 59.7 Å². The molecule has 1 saturated carbocycles. The van der Waals surface area contributed by atoms with Gasteiger partial charge in [0.25, 0.3) is 10.0 Å². The van der Waals surface area contributed by atoms with Crippen LogP contribution in [0, 0.1) is 0 Å². The molecule has 0 bridgehead atoms. The van der Waals surface area contributed by atoms with Crippen LogP contribution in [0.3, 0.4) is 0 Å². The lowest BCUT2D eigenvalue weighted by Crippen LogP contribution is -2.50. The van der Waals surface area contributed by atoms with Gasteiger partial charge in [-0.3, -0.25) is 4.98 Å². The monoisotopic (exact) mass is 563 g/mol. The molecule has 210 valence electrons. The molecule has 1 saturated heterocycles. The summed E-state index contributed by atoms with van der Waals surface area (Å²) in [6.07, 6.45) is 11.5. The normalized spacial score (nSPS) is 21.6. The molecule has 3 aromatic heterocycles. The average molecular weight is 564 g/mol. The lowest BCUT2D eigenvalue weighted by molar-refractivity contribution is 0.122. The molecular weight excluding hydrogens is 530 g/mol. The molecule has 3 aromatic rings. The van der Waals surface area contributed by atoms with E-state index >= 15 is 0 Å². The molecule has 1 unspecified atom stereocenters. The first-order chi connectivity index (χ1) is 19.2. The molecule has 1 atom stereocenters. The van der Waals surface area contributed by atoms with Gasteiger partial charge in [0.1, 0.15) is 0 Å². The quantitative estimate of drug-likeness (QED) is 0.366. The SMILES string of the molecule is CC(C)NC1=CC(N)(c2ccnc(-c3cnn(S(=O)(=O)C4CC4)c3)n2)NC=C1c1ccc(N2CCOCC2)cn1. The summed E-state index contributed by atoms with van der Waals surface area (Å²) in [5.41, 5.74) is 10.3. The van der Waals surface area contributed by atoms with Crippen molar-refractivity contribution in [2.24, 2.45) is 5.73 Å². The Morgan fingerprint density at radius 2 is 1.95 bits per heavy atom. The van der Waals surface area contributed by atoms with Gasteiger partial charge >= 0.3 is 0 Å². The van der Waals surface area contributed by atoms with Gasteiger partial charge in [-0.2, -0.15) is 9.19 Å². The number of hydrogen-bond donors (Lipinski definition) is 3. The second kappa shape index (κ2) is 10.3. The van der Waals surface area contributed by atoms with E-state index in [0.29, 0.717) is 43.1 Å². The predicted octanol–water partition coefficient (Wildman–Crippen LogP) is 1.55. The molecule has 6 rings (SSSR count). The molecule has 4 N–H and O–H groups in total. The van der Waals surface area contributed by atoms with Gasteiger partial charge in [0, 0.05) is 42.8 Å². The summed E-state index contributed by atoms with van der Waals surface area (Å²) < 4.78 is 31.6. The minimum Gasteiger partial charge on any atom is -0.382 e. The predicted molar refractivity (Wildman–Crippen MR) is 151 cm³/mol. The van der Waals surface area contributed by atoms with Crippen LogP contribution in [0.4, 0.5) is 5.69 Å². The highest BCUT2D eigenvalue weighted by molar-refractivity contribution is 7.90. The Morgan fingerprint density at radius 3 is 2.65 bits per heavy atom. The van der Waals surface area contributed by atoms with E-state index in [1.165, 1.54) is 12.4 Å². The van der Waals surface area contributed by atoms with Crippen LogP contribution >= 0.6 is 0 Å². The Balaban J connectivity index is 1.27. The number of allylic oxidation sites excluding steroid dienone is 1. The van der Waals surface area contributed by atoms with E-state index in [4.69, 9.17) is 15.5 Å². The molecule has 3 aliphatic rings. The second-order valence-electron chi connectivity index (χ2n) is 10.5. The third-order valence-electron chi connectivity index (χ3n) is 7.07. The Kier molecular flexibility index (Phi) is 6.80. The van der Waals surface area contributed by atoms with E-state index in [1.807, 2.05) is 24.5 Å². The number of ether oxygens (including phenoxy) is 1. The number of nitrogens with zero attached hydrogens (tertiary/aromatic N) is 6. The van der Waals surface area contributed by atoms with Crippen molar-refractivity contribution in [2.45, 2.75) is 43.6 Å². The van der Waals surface area contributed by atoms with Crippen molar-refractivity contribution >= 4 is 21.3 Å². The van der Waals surface area contributed by atoms with Crippen molar-refractivity contribution in [1.82, 2.24) is 34.8 Å². The first-order valence-electron chi connectivity index (χ1n) is 13.4. The molecule has 13 heteroatoms. The number of pyridine rings is 1. The molecule has 5 heterocycles. The fourth-order valence-electron chi connectivity index (χ4n) is 4.77. The lowest BCUT2D eigenvalue weighted by atomic mass is 9.96. The van der Waals surface area contributed by atoms with Crippen LogP contribution in [0.5, 0.6) is 0 Å². The summed E-state index contributed by atoms with van der Waals surface area (Å²) >= 11 is 0. The van der Waals surface area contributed by atoms with Crippen LogP contribution < -0.4 is 21.3 Å². The van der Waals surface area contributed by atoms with E-state index in [1.54, 1.807) is 12.3 Å². The van der Waals surface area contributed by atoms with Crippen LogP contribution in [0.15, 0.2) is 61.0 Å². The largest absolute Gasteiger partial charge is 0.382 e. The fourth-order valence-corrected chi connectivity index (χ4v) is 6.24. The molecular formula is C27H33N9O3S. The molecule has 40 heavy (non-hydrogen) atoms. The topological polar surface area (TPSA) is 153 Å². The molecule has 2 aliphatic heterocycles. The Morgan fingerprint density at radius 1 is 1.15 bits per heavy atom. The van der Waals surface area contributed by atoms with Gasteiger partial charge in [0.2, 0.25) is 0 Å². The zero-order valence-corrected chi connectivity index (χ0v) is 23.3. The maximum absolute atomic E-state index is 12.6. The maximum Gasteiger partial charge on any atom is 0.256 e. The summed E-state index contributed by atoms with van der Waals surface area (Å²) in [6, 6.07) is 5.96. The van der Waals surface area contributed by atoms with Gasteiger partial charge in [0.15, 0.2) is 11.5 Å². The van der Waals surface area contributed by atoms with E-state index in [2.05, 4.69) is 50.5 Å². The highest BCUT2D eigenvalue weighted by atomic mass is 32.2. The number of anilines is 1. The molecule has 2 fully saturated rings. The first kappa shape index (κ1) is 26.4. The van der Waals surface area contributed by atoms with E-state index in [0.717, 1.165) is 39.8 Å². The Bertz CT molecular complexity index is 1560. The number of rotatable bonds is 8. The van der Waals surface area contributed by atoms with Gasteiger partial charge in [-0.25, -0.2) is 18.4 Å².